The standard InChI is InChI=1S/C15H16N4O4S/c1-2-10(24-15-18-11(20)7-12(21)19-15)14(23)17-9-5-3-8(4-6-9)13(16)22/h3-7,10H,2H2,1H3,(H2,16,22)(H,17,23)(H2,18,19,20,21). The molecule has 24 heavy (non-hydrogen) atoms. The first-order valence-corrected chi connectivity index (χ1v) is 7.94. The van der Waals surface area contributed by atoms with E-state index in [-0.39, 0.29) is 11.1 Å². The van der Waals surface area contributed by atoms with Crippen molar-refractivity contribution in [2.75, 3.05) is 5.32 Å². The molecule has 1 aromatic carbocycles. The summed E-state index contributed by atoms with van der Waals surface area (Å²) in [7, 11) is 0. The topological polar surface area (TPSA) is 138 Å². The highest BCUT2D eigenvalue weighted by atomic mass is 32.2. The summed E-state index contributed by atoms with van der Waals surface area (Å²) in [5, 5.41) is 11.7. The molecule has 9 heteroatoms. The summed E-state index contributed by atoms with van der Waals surface area (Å²) in [6.45, 7) is 1.81. The zero-order valence-corrected chi connectivity index (χ0v) is 13.6. The van der Waals surface area contributed by atoms with Gasteiger partial charge in [-0.1, -0.05) is 18.7 Å². The van der Waals surface area contributed by atoms with Gasteiger partial charge in [0.2, 0.25) is 17.7 Å². The largest absolute Gasteiger partial charge is 0.493 e. The van der Waals surface area contributed by atoms with Crippen LogP contribution in [0.25, 0.3) is 0 Å². The molecule has 126 valence electrons. The smallest absolute Gasteiger partial charge is 0.255 e. The molecule has 2 amide bonds. The Hall–Kier alpha value is -2.81. The lowest BCUT2D eigenvalue weighted by molar-refractivity contribution is -0.115. The second-order valence-corrected chi connectivity index (χ2v) is 6.05. The first-order chi connectivity index (χ1) is 11.4. The summed E-state index contributed by atoms with van der Waals surface area (Å²) >= 11 is 1.04. The molecule has 1 heterocycles. The predicted octanol–water partition coefficient (Wildman–Crippen LogP) is 1.08. The first-order valence-electron chi connectivity index (χ1n) is 7.06. The molecule has 0 saturated heterocycles. The van der Waals surface area contributed by atoms with Crippen molar-refractivity contribution in [2.45, 2.75) is 23.8 Å². The van der Waals surface area contributed by atoms with E-state index in [2.05, 4.69) is 15.3 Å². The number of aromatic hydroxyl groups is 1. The molecule has 0 spiro atoms. The molecule has 8 nitrogen and oxygen atoms in total. The van der Waals surface area contributed by atoms with Gasteiger partial charge in [-0.15, -0.1) is 0 Å². The van der Waals surface area contributed by atoms with Gasteiger partial charge in [-0.05, 0) is 30.7 Å². The van der Waals surface area contributed by atoms with E-state index in [1.807, 2.05) is 6.92 Å². The summed E-state index contributed by atoms with van der Waals surface area (Å²) in [5.74, 6) is -1.24. The van der Waals surface area contributed by atoms with Crippen molar-refractivity contribution in [3.05, 3.63) is 46.2 Å². The van der Waals surface area contributed by atoms with Crippen molar-refractivity contribution >= 4 is 29.3 Å². The first kappa shape index (κ1) is 17.5. The minimum absolute atomic E-state index is 0.158. The summed E-state index contributed by atoms with van der Waals surface area (Å²) in [5.41, 5.74) is 5.52. The fourth-order valence-electron chi connectivity index (χ4n) is 1.88. The number of nitrogens with one attached hydrogen (secondary N) is 2. The van der Waals surface area contributed by atoms with Crippen LogP contribution >= 0.6 is 11.8 Å². The molecule has 0 aliphatic rings. The Morgan fingerprint density at radius 3 is 2.58 bits per heavy atom. The van der Waals surface area contributed by atoms with Gasteiger partial charge in [0.05, 0.1) is 11.3 Å². The lowest BCUT2D eigenvalue weighted by atomic mass is 10.2. The SMILES string of the molecule is CCC(Sc1nc(O)cc(=O)[nH]1)C(=O)Nc1ccc(C(N)=O)cc1. The lowest BCUT2D eigenvalue weighted by Crippen LogP contribution is -2.25. The van der Waals surface area contributed by atoms with Crippen molar-refractivity contribution in [3.63, 3.8) is 0 Å². The van der Waals surface area contributed by atoms with Crippen LogP contribution in [0.4, 0.5) is 5.69 Å². The van der Waals surface area contributed by atoms with E-state index in [0.29, 0.717) is 17.7 Å². The third-order valence-electron chi connectivity index (χ3n) is 3.06. The van der Waals surface area contributed by atoms with Gasteiger partial charge in [-0.2, -0.15) is 4.98 Å². The lowest BCUT2D eigenvalue weighted by Gasteiger charge is -2.14. The van der Waals surface area contributed by atoms with Crippen molar-refractivity contribution in [3.8, 4) is 5.88 Å². The number of amides is 2. The van der Waals surface area contributed by atoms with Gasteiger partial charge in [0.15, 0.2) is 5.16 Å². The molecule has 1 aromatic heterocycles. The van der Waals surface area contributed by atoms with Crippen molar-refractivity contribution < 1.29 is 14.7 Å². The number of anilines is 1. The Morgan fingerprint density at radius 2 is 2.04 bits per heavy atom. The number of aromatic nitrogens is 2. The average Bonchev–Trinajstić information content (AvgIpc) is 2.52. The number of carbonyl (C=O) groups excluding carboxylic acids is 2. The number of carbonyl (C=O) groups is 2. The van der Waals surface area contributed by atoms with Crippen LogP contribution in [0.3, 0.4) is 0 Å². The van der Waals surface area contributed by atoms with Crippen LogP contribution in [0, 0.1) is 0 Å². The highest BCUT2D eigenvalue weighted by Gasteiger charge is 2.19. The zero-order valence-electron chi connectivity index (χ0n) is 12.8. The van der Waals surface area contributed by atoms with Crippen LogP contribution in [-0.4, -0.2) is 32.1 Å². The molecule has 0 aliphatic heterocycles. The second-order valence-electron chi connectivity index (χ2n) is 4.85. The van der Waals surface area contributed by atoms with Gasteiger partial charge < -0.3 is 21.1 Å². The number of H-pyrrole nitrogens is 1. The highest BCUT2D eigenvalue weighted by molar-refractivity contribution is 8.00. The molecule has 2 aromatic rings. The third-order valence-corrected chi connectivity index (χ3v) is 4.31. The van der Waals surface area contributed by atoms with E-state index >= 15 is 0 Å². The van der Waals surface area contributed by atoms with E-state index in [1.165, 1.54) is 12.1 Å². The van der Waals surface area contributed by atoms with Gasteiger partial charge in [-0.25, -0.2) is 0 Å². The summed E-state index contributed by atoms with van der Waals surface area (Å²) in [4.78, 5) is 40.9. The fraction of sp³-hybridized carbons (Fsp3) is 0.200. The van der Waals surface area contributed by atoms with Crippen LogP contribution in [0.15, 0.2) is 40.3 Å². The van der Waals surface area contributed by atoms with Crippen LogP contribution in [0.2, 0.25) is 0 Å². The normalized spacial score (nSPS) is 11.7. The second kappa shape index (κ2) is 7.64. The van der Waals surface area contributed by atoms with Crippen LogP contribution in [0.5, 0.6) is 5.88 Å². The van der Waals surface area contributed by atoms with E-state index in [9.17, 15) is 19.5 Å². The predicted molar refractivity (Wildman–Crippen MR) is 90.0 cm³/mol. The van der Waals surface area contributed by atoms with Crippen LogP contribution in [0.1, 0.15) is 23.7 Å². The maximum absolute atomic E-state index is 12.3. The molecule has 0 fully saturated rings. The van der Waals surface area contributed by atoms with Gasteiger partial charge in [-0.3, -0.25) is 14.4 Å². The van der Waals surface area contributed by atoms with Gasteiger partial charge >= 0.3 is 0 Å². The highest BCUT2D eigenvalue weighted by Crippen LogP contribution is 2.23. The van der Waals surface area contributed by atoms with Crippen molar-refractivity contribution in [2.24, 2.45) is 5.73 Å². The Bertz CT molecular complexity index is 804. The number of nitrogens with zero attached hydrogens (tertiary/aromatic N) is 1. The zero-order chi connectivity index (χ0) is 17.7. The van der Waals surface area contributed by atoms with E-state index in [4.69, 9.17) is 5.73 Å². The summed E-state index contributed by atoms with van der Waals surface area (Å²) in [6, 6.07) is 7.12. The molecule has 2 rings (SSSR count). The molecule has 0 bridgehead atoms. The van der Waals surface area contributed by atoms with E-state index in [0.717, 1.165) is 17.8 Å². The number of rotatable bonds is 6. The molecule has 1 unspecified atom stereocenters. The average molecular weight is 348 g/mol. The van der Waals surface area contributed by atoms with Crippen molar-refractivity contribution in [1.82, 2.24) is 9.97 Å². The minimum atomic E-state index is -0.547. The molecule has 5 N–H and O–H groups in total. The number of hydrogen-bond acceptors (Lipinski definition) is 6. The quantitative estimate of drug-likeness (QED) is 0.455. The maximum atomic E-state index is 12.3. The Balaban J connectivity index is 2.08. The number of thioether (sulfide) groups is 1. The Kier molecular flexibility index (Phi) is 5.59. The molecule has 0 saturated carbocycles. The molecule has 1 atom stereocenters. The Morgan fingerprint density at radius 1 is 1.38 bits per heavy atom. The minimum Gasteiger partial charge on any atom is -0.493 e. The number of aromatic amines is 1. The fourth-order valence-corrected chi connectivity index (χ4v) is 2.78. The number of hydrogen-bond donors (Lipinski definition) is 4. The monoisotopic (exact) mass is 348 g/mol. The van der Waals surface area contributed by atoms with Crippen LogP contribution < -0.4 is 16.6 Å². The van der Waals surface area contributed by atoms with Crippen LogP contribution in [-0.2, 0) is 4.79 Å². The summed E-state index contributed by atoms with van der Waals surface area (Å²) in [6.07, 6.45) is 0.481. The number of primary amides is 1. The Labute approximate surface area is 141 Å². The maximum Gasteiger partial charge on any atom is 0.255 e. The van der Waals surface area contributed by atoms with Gasteiger partial charge in [0.1, 0.15) is 0 Å². The van der Waals surface area contributed by atoms with E-state index in [1.54, 1.807) is 12.1 Å². The van der Waals surface area contributed by atoms with Crippen molar-refractivity contribution in [1.29, 1.82) is 0 Å². The van der Waals surface area contributed by atoms with Gasteiger partial charge in [0.25, 0.3) is 5.56 Å². The molecular formula is C15H16N4O4S. The summed E-state index contributed by atoms with van der Waals surface area (Å²) < 4.78 is 0. The molecular weight excluding hydrogens is 332 g/mol. The third kappa shape index (κ3) is 4.59. The number of benzene rings is 1. The number of nitrogens with two attached hydrogens (primary N) is 1. The van der Waals surface area contributed by atoms with E-state index < -0.39 is 22.6 Å². The van der Waals surface area contributed by atoms with Gasteiger partial charge in [0, 0.05) is 11.3 Å². The molecule has 0 aliphatic carbocycles. The molecule has 0 radical (unpaired) electrons.